The average molecular weight is 219 g/mol. The van der Waals surface area contributed by atoms with Crippen LogP contribution in [0.25, 0.3) is 11.2 Å². The van der Waals surface area contributed by atoms with E-state index in [9.17, 15) is 9.59 Å². The molecule has 16 heavy (non-hydrogen) atoms. The molecule has 0 unspecified atom stereocenters. The Hall–Kier alpha value is -2.31. The SMILES string of the molecule is CC(=O)Nc1nc2nc(C)cnc2c(=O)[nH]1. The first-order chi connectivity index (χ1) is 7.56. The van der Waals surface area contributed by atoms with Crippen molar-refractivity contribution in [2.45, 2.75) is 13.8 Å². The number of hydrogen-bond donors (Lipinski definition) is 2. The normalized spacial score (nSPS) is 10.4. The van der Waals surface area contributed by atoms with E-state index in [0.29, 0.717) is 5.69 Å². The molecule has 0 bridgehead atoms. The zero-order valence-corrected chi connectivity index (χ0v) is 8.74. The molecule has 0 aliphatic heterocycles. The second-order valence-corrected chi connectivity index (χ2v) is 3.28. The Morgan fingerprint density at radius 2 is 2.19 bits per heavy atom. The number of hydrogen-bond acceptors (Lipinski definition) is 5. The molecule has 0 saturated carbocycles. The summed E-state index contributed by atoms with van der Waals surface area (Å²) in [6.07, 6.45) is 1.48. The predicted octanol–water partition coefficient (Wildman–Crippen LogP) is -0.0201. The Kier molecular flexibility index (Phi) is 2.35. The first kappa shape index (κ1) is 10.2. The van der Waals surface area contributed by atoms with Crippen molar-refractivity contribution in [3.05, 3.63) is 22.2 Å². The lowest BCUT2D eigenvalue weighted by Crippen LogP contribution is -2.17. The highest BCUT2D eigenvalue weighted by Crippen LogP contribution is 2.03. The van der Waals surface area contributed by atoms with Crippen LogP contribution in [0.15, 0.2) is 11.0 Å². The zero-order chi connectivity index (χ0) is 11.7. The third-order valence-electron chi connectivity index (χ3n) is 1.83. The van der Waals surface area contributed by atoms with Crippen LogP contribution < -0.4 is 10.9 Å². The molecule has 2 N–H and O–H groups in total. The Morgan fingerprint density at radius 1 is 1.44 bits per heavy atom. The number of nitrogens with one attached hydrogen (secondary N) is 2. The monoisotopic (exact) mass is 219 g/mol. The van der Waals surface area contributed by atoms with E-state index in [1.54, 1.807) is 6.92 Å². The van der Waals surface area contributed by atoms with Crippen LogP contribution in [0.4, 0.5) is 5.95 Å². The van der Waals surface area contributed by atoms with Crippen molar-refractivity contribution in [3.8, 4) is 0 Å². The number of anilines is 1. The minimum atomic E-state index is -0.429. The van der Waals surface area contributed by atoms with E-state index in [1.165, 1.54) is 13.1 Å². The molecule has 0 saturated heterocycles. The van der Waals surface area contributed by atoms with Crippen LogP contribution in [0.3, 0.4) is 0 Å². The van der Waals surface area contributed by atoms with Gasteiger partial charge >= 0.3 is 0 Å². The maximum absolute atomic E-state index is 11.5. The summed E-state index contributed by atoms with van der Waals surface area (Å²) in [4.78, 5) is 36.7. The number of carbonyl (C=O) groups excluding carboxylic acids is 1. The average Bonchev–Trinajstić information content (AvgIpc) is 2.15. The number of fused-ring (bicyclic) bond motifs is 1. The Labute approximate surface area is 90.0 Å². The maximum atomic E-state index is 11.5. The Balaban J connectivity index is 2.65. The molecule has 0 spiro atoms. The van der Waals surface area contributed by atoms with Crippen molar-refractivity contribution in [3.63, 3.8) is 0 Å². The third-order valence-corrected chi connectivity index (χ3v) is 1.83. The molecule has 0 atom stereocenters. The summed E-state index contributed by atoms with van der Waals surface area (Å²) in [7, 11) is 0. The topological polar surface area (TPSA) is 101 Å². The molecule has 0 aromatic carbocycles. The molecule has 0 aliphatic rings. The smallest absolute Gasteiger partial charge is 0.280 e. The van der Waals surface area contributed by atoms with Gasteiger partial charge in [0.1, 0.15) is 0 Å². The largest absolute Gasteiger partial charge is 0.296 e. The second-order valence-electron chi connectivity index (χ2n) is 3.28. The van der Waals surface area contributed by atoms with Crippen molar-refractivity contribution in [2.24, 2.45) is 0 Å². The Morgan fingerprint density at radius 3 is 2.88 bits per heavy atom. The van der Waals surface area contributed by atoms with Crippen LogP contribution in [0.2, 0.25) is 0 Å². The molecule has 0 fully saturated rings. The van der Waals surface area contributed by atoms with E-state index in [4.69, 9.17) is 0 Å². The number of aromatic nitrogens is 4. The minimum Gasteiger partial charge on any atom is -0.296 e. The molecular weight excluding hydrogens is 210 g/mol. The van der Waals surface area contributed by atoms with Crippen molar-refractivity contribution in [1.29, 1.82) is 0 Å². The van der Waals surface area contributed by atoms with Crippen LogP contribution in [-0.2, 0) is 4.79 Å². The van der Waals surface area contributed by atoms with E-state index in [2.05, 4.69) is 25.3 Å². The van der Waals surface area contributed by atoms with Gasteiger partial charge in [0, 0.05) is 13.1 Å². The van der Waals surface area contributed by atoms with Gasteiger partial charge < -0.3 is 0 Å². The summed E-state index contributed by atoms with van der Waals surface area (Å²) < 4.78 is 0. The summed E-state index contributed by atoms with van der Waals surface area (Å²) in [5, 5.41) is 2.38. The number of H-pyrrole nitrogens is 1. The van der Waals surface area contributed by atoms with E-state index in [0.717, 1.165) is 0 Å². The molecule has 2 aromatic heterocycles. The summed E-state index contributed by atoms with van der Waals surface area (Å²) in [5.74, 6) is -0.243. The number of carbonyl (C=O) groups is 1. The Bertz CT molecular complexity index is 619. The van der Waals surface area contributed by atoms with Crippen LogP contribution in [0, 0.1) is 6.92 Å². The van der Waals surface area contributed by atoms with Gasteiger partial charge in [-0.25, -0.2) is 9.97 Å². The van der Waals surface area contributed by atoms with Gasteiger partial charge in [-0.05, 0) is 6.92 Å². The number of amides is 1. The fourth-order valence-corrected chi connectivity index (χ4v) is 1.23. The second kappa shape index (κ2) is 3.69. The summed E-state index contributed by atoms with van der Waals surface area (Å²) in [6, 6.07) is 0. The van der Waals surface area contributed by atoms with Crippen LogP contribution in [0.1, 0.15) is 12.6 Å². The highest BCUT2D eigenvalue weighted by atomic mass is 16.1. The summed E-state index contributed by atoms with van der Waals surface area (Å²) in [5.41, 5.74) is 0.591. The van der Waals surface area contributed by atoms with Gasteiger partial charge in [-0.3, -0.25) is 19.9 Å². The number of aromatic amines is 1. The molecule has 2 rings (SSSR count). The lowest BCUT2D eigenvalue weighted by molar-refractivity contribution is -0.114. The van der Waals surface area contributed by atoms with Gasteiger partial charge in [0.05, 0.1) is 5.69 Å². The van der Waals surface area contributed by atoms with E-state index < -0.39 is 5.56 Å². The van der Waals surface area contributed by atoms with E-state index in [-0.39, 0.29) is 23.0 Å². The van der Waals surface area contributed by atoms with E-state index >= 15 is 0 Å². The standard InChI is InChI=1S/C9H9N5O2/c1-4-3-10-6-7(11-4)13-9(12-5(2)15)14-8(6)16/h3H,1-2H3,(H2,11,12,13,14,15,16). The van der Waals surface area contributed by atoms with E-state index in [1.807, 2.05) is 0 Å². The molecule has 1 amide bonds. The lowest BCUT2D eigenvalue weighted by Gasteiger charge is -2.01. The van der Waals surface area contributed by atoms with Crippen LogP contribution >= 0.6 is 0 Å². The molecule has 7 nitrogen and oxygen atoms in total. The number of nitrogens with zero attached hydrogens (tertiary/aromatic N) is 3. The van der Waals surface area contributed by atoms with Gasteiger partial charge in [0.15, 0.2) is 11.2 Å². The zero-order valence-electron chi connectivity index (χ0n) is 8.74. The fourth-order valence-electron chi connectivity index (χ4n) is 1.23. The molecule has 0 aliphatic carbocycles. The lowest BCUT2D eigenvalue weighted by atomic mass is 10.4. The van der Waals surface area contributed by atoms with Crippen molar-refractivity contribution in [1.82, 2.24) is 19.9 Å². The number of rotatable bonds is 1. The van der Waals surface area contributed by atoms with Crippen molar-refractivity contribution in [2.75, 3.05) is 5.32 Å². The molecule has 2 heterocycles. The highest BCUT2D eigenvalue weighted by Gasteiger charge is 2.06. The first-order valence-corrected chi connectivity index (χ1v) is 4.57. The third kappa shape index (κ3) is 1.88. The molecule has 0 radical (unpaired) electrons. The highest BCUT2D eigenvalue weighted by molar-refractivity contribution is 5.87. The maximum Gasteiger partial charge on any atom is 0.280 e. The molecule has 82 valence electrons. The van der Waals surface area contributed by atoms with Crippen molar-refractivity contribution < 1.29 is 4.79 Å². The molecular formula is C9H9N5O2. The summed E-state index contributed by atoms with van der Waals surface area (Å²) >= 11 is 0. The van der Waals surface area contributed by atoms with Gasteiger partial charge in [-0.2, -0.15) is 4.98 Å². The fraction of sp³-hybridized carbons (Fsp3) is 0.222. The number of aryl methyl sites for hydroxylation is 1. The predicted molar refractivity (Wildman–Crippen MR) is 57.0 cm³/mol. The van der Waals surface area contributed by atoms with Gasteiger partial charge in [-0.1, -0.05) is 0 Å². The first-order valence-electron chi connectivity index (χ1n) is 4.57. The van der Waals surface area contributed by atoms with Crippen molar-refractivity contribution >= 4 is 23.0 Å². The quantitative estimate of drug-likeness (QED) is 0.701. The van der Waals surface area contributed by atoms with Gasteiger partial charge in [-0.15, -0.1) is 0 Å². The summed E-state index contributed by atoms with van der Waals surface area (Å²) in [6.45, 7) is 3.07. The van der Waals surface area contributed by atoms with Crippen LogP contribution in [-0.4, -0.2) is 25.8 Å². The minimum absolute atomic E-state index is 0.0740. The molecule has 2 aromatic rings. The van der Waals surface area contributed by atoms with Crippen LogP contribution in [0.5, 0.6) is 0 Å². The molecule has 7 heteroatoms. The van der Waals surface area contributed by atoms with Gasteiger partial charge in [0.25, 0.3) is 5.56 Å². The van der Waals surface area contributed by atoms with Gasteiger partial charge in [0.2, 0.25) is 11.9 Å².